The van der Waals surface area contributed by atoms with Crippen molar-refractivity contribution in [1.82, 2.24) is 15.3 Å². The molecule has 68 valence electrons. The summed E-state index contributed by atoms with van der Waals surface area (Å²) in [7, 11) is 0. The largest absolute Gasteiger partial charge is 0.436 e. The van der Waals surface area contributed by atoms with E-state index in [0.29, 0.717) is 12.4 Å². The van der Waals surface area contributed by atoms with Gasteiger partial charge >= 0.3 is 6.09 Å². The summed E-state index contributed by atoms with van der Waals surface area (Å²) in [5.74, 6) is 0.515. The summed E-state index contributed by atoms with van der Waals surface area (Å²) < 4.78 is 5.70. The van der Waals surface area contributed by atoms with Crippen molar-refractivity contribution in [3.05, 3.63) is 22.7 Å². The lowest BCUT2D eigenvalue weighted by Crippen LogP contribution is -2.12. The first-order valence-corrected chi connectivity index (χ1v) is 4.47. The summed E-state index contributed by atoms with van der Waals surface area (Å²) in [6.07, 6.45) is 2.46. The van der Waals surface area contributed by atoms with Crippen molar-refractivity contribution in [3.63, 3.8) is 0 Å². The number of nitrogens with one attached hydrogen (secondary N) is 1. The van der Waals surface area contributed by atoms with E-state index in [4.69, 9.17) is 4.74 Å². The van der Waals surface area contributed by atoms with Crippen LogP contribution in [0.4, 0.5) is 4.79 Å². The average Bonchev–Trinajstić information content (AvgIpc) is 2.53. The second-order valence-corrected chi connectivity index (χ2v) is 3.45. The minimum Gasteiger partial charge on any atom is -0.436 e. The average molecular weight is 244 g/mol. The molecule has 0 radical (unpaired) electrons. The first-order valence-electron chi connectivity index (χ1n) is 3.67. The molecule has 1 fully saturated rings. The standard InChI is InChI=1S/C7H6BrN3O2/c8-4-1-9-6(10-2-4)5-3-11-7(12)13-5/h1-2,5H,3H2,(H,11,12). The van der Waals surface area contributed by atoms with Gasteiger partial charge in [-0.15, -0.1) is 0 Å². The van der Waals surface area contributed by atoms with Gasteiger partial charge in [0.2, 0.25) is 0 Å². The number of hydrogen-bond donors (Lipinski definition) is 1. The molecule has 0 saturated carbocycles. The van der Waals surface area contributed by atoms with Crippen LogP contribution in [0.1, 0.15) is 11.9 Å². The van der Waals surface area contributed by atoms with E-state index in [2.05, 4.69) is 31.2 Å². The van der Waals surface area contributed by atoms with E-state index in [-0.39, 0.29) is 6.10 Å². The van der Waals surface area contributed by atoms with Gasteiger partial charge in [-0.1, -0.05) is 0 Å². The van der Waals surface area contributed by atoms with E-state index < -0.39 is 6.09 Å². The molecule has 1 amide bonds. The SMILES string of the molecule is O=C1NCC(c2ncc(Br)cn2)O1. The van der Waals surface area contributed by atoms with Crippen molar-refractivity contribution in [2.45, 2.75) is 6.10 Å². The van der Waals surface area contributed by atoms with Gasteiger partial charge in [-0.2, -0.15) is 0 Å². The van der Waals surface area contributed by atoms with Gasteiger partial charge < -0.3 is 10.1 Å². The molecule has 0 bridgehead atoms. The highest BCUT2D eigenvalue weighted by atomic mass is 79.9. The highest BCUT2D eigenvalue weighted by Gasteiger charge is 2.26. The van der Waals surface area contributed by atoms with Crippen LogP contribution < -0.4 is 5.32 Å². The first-order chi connectivity index (χ1) is 6.25. The van der Waals surface area contributed by atoms with Gasteiger partial charge in [-0.3, -0.25) is 0 Å². The summed E-state index contributed by atoms with van der Waals surface area (Å²) in [6.45, 7) is 0.431. The van der Waals surface area contributed by atoms with Crippen molar-refractivity contribution in [1.29, 1.82) is 0 Å². The maximum absolute atomic E-state index is 10.7. The third-order valence-corrected chi connectivity index (χ3v) is 2.02. The molecule has 1 aliphatic heterocycles. The maximum Gasteiger partial charge on any atom is 0.408 e. The fourth-order valence-electron chi connectivity index (χ4n) is 1.02. The van der Waals surface area contributed by atoms with Crippen LogP contribution in [-0.2, 0) is 4.74 Å². The van der Waals surface area contributed by atoms with Crippen molar-refractivity contribution >= 4 is 22.0 Å². The Hall–Kier alpha value is -1.17. The number of nitrogens with zero attached hydrogens (tertiary/aromatic N) is 2. The topological polar surface area (TPSA) is 64.1 Å². The zero-order valence-corrected chi connectivity index (χ0v) is 8.11. The second kappa shape index (κ2) is 3.29. The Morgan fingerprint density at radius 2 is 2.23 bits per heavy atom. The molecule has 2 heterocycles. The fourth-order valence-corrected chi connectivity index (χ4v) is 1.23. The normalized spacial score (nSPS) is 21.0. The molecule has 1 saturated heterocycles. The Balaban J connectivity index is 2.17. The summed E-state index contributed by atoms with van der Waals surface area (Å²) in [6, 6.07) is 0. The first kappa shape index (κ1) is 8.43. The minimum absolute atomic E-state index is 0.361. The van der Waals surface area contributed by atoms with Crippen molar-refractivity contribution < 1.29 is 9.53 Å². The molecule has 1 atom stereocenters. The lowest BCUT2D eigenvalue weighted by molar-refractivity contribution is 0.137. The third kappa shape index (κ3) is 1.77. The fraction of sp³-hybridized carbons (Fsp3) is 0.286. The molecule has 0 aliphatic carbocycles. The number of alkyl carbamates (subject to hydrolysis) is 1. The van der Waals surface area contributed by atoms with Gasteiger partial charge in [0.25, 0.3) is 0 Å². The number of carbonyl (C=O) groups excluding carboxylic acids is 1. The highest BCUT2D eigenvalue weighted by molar-refractivity contribution is 9.10. The van der Waals surface area contributed by atoms with Crippen LogP contribution >= 0.6 is 15.9 Å². The minimum atomic E-state index is -0.420. The predicted molar refractivity (Wildman–Crippen MR) is 47.0 cm³/mol. The molecule has 1 aromatic rings. The van der Waals surface area contributed by atoms with Crippen LogP contribution in [0, 0.1) is 0 Å². The van der Waals surface area contributed by atoms with E-state index in [1.807, 2.05) is 0 Å². The zero-order chi connectivity index (χ0) is 9.26. The third-order valence-electron chi connectivity index (χ3n) is 1.61. The summed E-state index contributed by atoms with van der Waals surface area (Å²) in [5, 5.41) is 2.53. The number of ether oxygens (including phenoxy) is 1. The van der Waals surface area contributed by atoms with Gasteiger partial charge in [0, 0.05) is 12.4 Å². The number of cyclic esters (lactones) is 1. The highest BCUT2D eigenvalue weighted by Crippen LogP contribution is 2.17. The van der Waals surface area contributed by atoms with E-state index >= 15 is 0 Å². The van der Waals surface area contributed by atoms with Gasteiger partial charge in [0.1, 0.15) is 0 Å². The van der Waals surface area contributed by atoms with Crippen LogP contribution in [0.15, 0.2) is 16.9 Å². The van der Waals surface area contributed by atoms with Gasteiger partial charge in [-0.25, -0.2) is 14.8 Å². The molecule has 6 heteroatoms. The van der Waals surface area contributed by atoms with Crippen LogP contribution in [0.3, 0.4) is 0 Å². The number of hydrogen-bond acceptors (Lipinski definition) is 4. The Bertz CT molecular complexity index is 327. The van der Waals surface area contributed by atoms with Crippen LogP contribution in [0.25, 0.3) is 0 Å². The van der Waals surface area contributed by atoms with E-state index in [9.17, 15) is 4.79 Å². The van der Waals surface area contributed by atoms with Crippen molar-refractivity contribution in [2.75, 3.05) is 6.54 Å². The zero-order valence-electron chi connectivity index (χ0n) is 6.53. The molecule has 1 aliphatic rings. The molecule has 1 N–H and O–H groups in total. The summed E-state index contributed by atoms with van der Waals surface area (Å²) in [4.78, 5) is 18.7. The molecule has 0 aromatic carbocycles. The Labute approximate surface area is 82.7 Å². The molecule has 1 aromatic heterocycles. The number of halogens is 1. The van der Waals surface area contributed by atoms with E-state index in [1.165, 1.54) is 0 Å². The lowest BCUT2D eigenvalue weighted by Gasteiger charge is -2.04. The van der Waals surface area contributed by atoms with E-state index in [1.54, 1.807) is 12.4 Å². The molecule has 2 rings (SSSR count). The Morgan fingerprint density at radius 3 is 2.77 bits per heavy atom. The molecular weight excluding hydrogens is 238 g/mol. The molecule has 0 spiro atoms. The van der Waals surface area contributed by atoms with Gasteiger partial charge in [0.15, 0.2) is 11.9 Å². The van der Waals surface area contributed by atoms with E-state index in [0.717, 1.165) is 4.47 Å². The summed E-state index contributed by atoms with van der Waals surface area (Å²) in [5.41, 5.74) is 0. The Kier molecular flexibility index (Phi) is 2.13. The van der Waals surface area contributed by atoms with Crippen LogP contribution in [-0.4, -0.2) is 22.6 Å². The van der Waals surface area contributed by atoms with Crippen molar-refractivity contribution in [2.24, 2.45) is 0 Å². The molecule has 5 nitrogen and oxygen atoms in total. The molecule has 1 unspecified atom stereocenters. The summed E-state index contributed by atoms with van der Waals surface area (Å²) >= 11 is 3.22. The number of amides is 1. The Morgan fingerprint density at radius 1 is 1.54 bits per heavy atom. The predicted octanol–water partition coefficient (Wildman–Crippen LogP) is 1.02. The lowest BCUT2D eigenvalue weighted by atomic mass is 10.3. The van der Waals surface area contributed by atoms with Crippen LogP contribution in [0.5, 0.6) is 0 Å². The molecular formula is C7H6BrN3O2. The smallest absolute Gasteiger partial charge is 0.408 e. The molecule has 13 heavy (non-hydrogen) atoms. The quantitative estimate of drug-likeness (QED) is 0.800. The van der Waals surface area contributed by atoms with Crippen LogP contribution in [0.2, 0.25) is 0 Å². The van der Waals surface area contributed by atoms with Crippen molar-refractivity contribution in [3.8, 4) is 0 Å². The maximum atomic E-state index is 10.7. The number of carbonyl (C=O) groups is 1. The number of aromatic nitrogens is 2. The van der Waals surface area contributed by atoms with Gasteiger partial charge in [-0.05, 0) is 15.9 Å². The van der Waals surface area contributed by atoms with Gasteiger partial charge in [0.05, 0.1) is 11.0 Å². The second-order valence-electron chi connectivity index (χ2n) is 2.53. The number of rotatable bonds is 1. The monoisotopic (exact) mass is 243 g/mol.